The number of likely N-dealkylation sites (N-methyl/N-ethyl adjacent to an activating group) is 1. The number of aromatic hydroxyl groups is 2. The molecule has 0 unspecified atom stereocenters. The van der Waals surface area contributed by atoms with Gasteiger partial charge >= 0.3 is 0 Å². The maximum atomic E-state index is 11.7. The first-order valence-electron chi connectivity index (χ1n) is 4.92. The van der Waals surface area contributed by atoms with Gasteiger partial charge in [-0.1, -0.05) is 0 Å². The standard InChI is InChI=1S/C11H14N2O4/c1-13(6-11(12)17)5-10(16)8-3-2-7(14)4-9(8)15/h2-4,14-15H,5-6H2,1H3,(H2,12,17). The Morgan fingerprint density at radius 2 is 1.94 bits per heavy atom. The highest BCUT2D eigenvalue weighted by molar-refractivity contribution is 6.00. The fourth-order valence-electron chi connectivity index (χ4n) is 1.41. The van der Waals surface area contributed by atoms with Crippen molar-refractivity contribution in [3.8, 4) is 11.5 Å². The Morgan fingerprint density at radius 1 is 1.29 bits per heavy atom. The van der Waals surface area contributed by atoms with Gasteiger partial charge in [0.2, 0.25) is 5.91 Å². The Balaban J connectivity index is 2.73. The van der Waals surface area contributed by atoms with Crippen LogP contribution < -0.4 is 5.73 Å². The van der Waals surface area contributed by atoms with Crippen molar-refractivity contribution in [3.63, 3.8) is 0 Å². The molecule has 1 aromatic carbocycles. The molecule has 0 saturated heterocycles. The van der Waals surface area contributed by atoms with Crippen LogP contribution in [0.5, 0.6) is 11.5 Å². The van der Waals surface area contributed by atoms with Crippen LogP contribution >= 0.6 is 0 Å². The molecule has 0 aromatic heterocycles. The summed E-state index contributed by atoms with van der Waals surface area (Å²) in [4.78, 5) is 23.8. The van der Waals surface area contributed by atoms with Gasteiger partial charge in [-0.3, -0.25) is 14.5 Å². The molecule has 0 aliphatic heterocycles. The number of hydrogen-bond donors (Lipinski definition) is 3. The molecule has 1 aromatic rings. The van der Waals surface area contributed by atoms with Crippen LogP contribution in [0.4, 0.5) is 0 Å². The van der Waals surface area contributed by atoms with Crippen LogP contribution in [0.2, 0.25) is 0 Å². The van der Waals surface area contributed by atoms with Crippen molar-refractivity contribution in [1.82, 2.24) is 4.90 Å². The molecule has 0 aliphatic rings. The smallest absolute Gasteiger partial charge is 0.231 e. The molecular formula is C11H14N2O4. The number of carbonyl (C=O) groups is 2. The maximum absolute atomic E-state index is 11.7. The average Bonchev–Trinajstić information content (AvgIpc) is 2.15. The van der Waals surface area contributed by atoms with Crippen molar-refractivity contribution in [2.75, 3.05) is 20.1 Å². The lowest BCUT2D eigenvalue weighted by Crippen LogP contribution is -2.34. The molecule has 0 atom stereocenters. The fourth-order valence-corrected chi connectivity index (χ4v) is 1.41. The van der Waals surface area contributed by atoms with Crippen LogP contribution in [0.3, 0.4) is 0 Å². The van der Waals surface area contributed by atoms with E-state index in [4.69, 9.17) is 10.8 Å². The second-order valence-corrected chi connectivity index (χ2v) is 3.76. The second kappa shape index (κ2) is 5.31. The summed E-state index contributed by atoms with van der Waals surface area (Å²) in [5.74, 6) is -1.30. The van der Waals surface area contributed by atoms with E-state index < -0.39 is 5.91 Å². The number of primary amides is 1. The lowest BCUT2D eigenvalue weighted by atomic mass is 10.1. The normalized spacial score (nSPS) is 10.5. The summed E-state index contributed by atoms with van der Waals surface area (Å²) < 4.78 is 0. The molecule has 0 bridgehead atoms. The number of hydrogen-bond acceptors (Lipinski definition) is 5. The molecule has 0 fully saturated rings. The van der Waals surface area contributed by atoms with Crippen LogP contribution in [-0.4, -0.2) is 46.9 Å². The van der Waals surface area contributed by atoms with Crippen molar-refractivity contribution in [1.29, 1.82) is 0 Å². The van der Waals surface area contributed by atoms with Gasteiger partial charge in [0.15, 0.2) is 5.78 Å². The molecule has 4 N–H and O–H groups in total. The highest BCUT2D eigenvalue weighted by Crippen LogP contribution is 2.22. The topological polar surface area (TPSA) is 104 Å². The van der Waals surface area contributed by atoms with Crippen LogP contribution in [0.25, 0.3) is 0 Å². The summed E-state index contributed by atoms with van der Waals surface area (Å²) in [6.45, 7) is -0.0775. The SMILES string of the molecule is CN(CC(N)=O)CC(=O)c1ccc(O)cc1O. The average molecular weight is 238 g/mol. The Kier molecular flexibility index (Phi) is 4.06. The molecule has 6 nitrogen and oxygen atoms in total. The summed E-state index contributed by atoms with van der Waals surface area (Å²) in [6.07, 6.45) is 0. The van der Waals surface area contributed by atoms with E-state index in [1.54, 1.807) is 7.05 Å². The van der Waals surface area contributed by atoms with Crippen molar-refractivity contribution >= 4 is 11.7 Å². The highest BCUT2D eigenvalue weighted by atomic mass is 16.3. The lowest BCUT2D eigenvalue weighted by molar-refractivity contribution is -0.118. The quantitative estimate of drug-likeness (QED) is 0.611. The van der Waals surface area contributed by atoms with E-state index in [1.807, 2.05) is 0 Å². The largest absolute Gasteiger partial charge is 0.508 e. The summed E-state index contributed by atoms with van der Waals surface area (Å²) in [5, 5.41) is 18.5. The first-order chi connectivity index (χ1) is 7.90. The Bertz CT molecular complexity index is 445. The van der Waals surface area contributed by atoms with Gasteiger partial charge in [0.1, 0.15) is 11.5 Å². The molecule has 1 amide bonds. The molecule has 1 rings (SSSR count). The van der Waals surface area contributed by atoms with Gasteiger partial charge in [0, 0.05) is 6.07 Å². The number of rotatable bonds is 5. The fraction of sp³-hybridized carbons (Fsp3) is 0.273. The zero-order valence-electron chi connectivity index (χ0n) is 9.38. The predicted molar refractivity (Wildman–Crippen MR) is 60.8 cm³/mol. The summed E-state index contributed by atoms with van der Waals surface area (Å²) in [7, 11) is 1.57. The molecule has 17 heavy (non-hydrogen) atoms. The predicted octanol–water partition coefficient (Wildman–Crippen LogP) is -0.302. The molecule has 92 valence electrons. The van der Waals surface area contributed by atoms with E-state index in [-0.39, 0.29) is 35.9 Å². The van der Waals surface area contributed by atoms with E-state index in [1.165, 1.54) is 17.0 Å². The van der Waals surface area contributed by atoms with Gasteiger partial charge in [-0.25, -0.2) is 0 Å². The number of nitrogens with zero attached hydrogens (tertiary/aromatic N) is 1. The van der Waals surface area contributed by atoms with Crippen molar-refractivity contribution < 1.29 is 19.8 Å². The number of phenols is 2. The third-order valence-corrected chi connectivity index (χ3v) is 2.12. The van der Waals surface area contributed by atoms with Crippen LogP contribution in [0.15, 0.2) is 18.2 Å². The van der Waals surface area contributed by atoms with Gasteiger partial charge in [0.05, 0.1) is 18.7 Å². The Morgan fingerprint density at radius 3 is 2.47 bits per heavy atom. The third-order valence-electron chi connectivity index (χ3n) is 2.12. The third kappa shape index (κ3) is 3.76. The van der Waals surface area contributed by atoms with E-state index in [0.717, 1.165) is 6.07 Å². The summed E-state index contributed by atoms with van der Waals surface area (Å²) >= 11 is 0. The molecule has 0 heterocycles. The highest BCUT2D eigenvalue weighted by Gasteiger charge is 2.14. The van der Waals surface area contributed by atoms with Gasteiger partial charge in [-0.2, -0.15) is 0 Å². The van der Waals surface area contributed by atoms with Crippen LogP contribution in [0.1, 0.15) is 10.4 Å². The second-order valence-electron chi connectivity index (χ2n) is 3.76. The van der Waals surface area contributed by atoms with Crippen LogP contribution in [-0.2, 0) is 4.79 Å². The Labute approximate surface area is 98.3 Å². The van der Waals surface area contributed by atoms with Crippen molar-refractivity contribution in [2.45, 2.75) is 0 Å². The minimum absolute atomic E-state index is 0.0371. The van der Waals surface area contributed by atoms with Crippen molar-refractivity contribution in [2.24, 2.45) is 5.73 Å². The molecule has 0 radical (unpaired) electrons. The Hall–Kier alpha value is -2.08. The first-order valence-corrected chi connectivity index (χ1v) is 4.92. The molecule has 6 heteroatoms. The van der Waals surface area contributed by atoms with E-state index in [0.29, 0.717) is 0 Å². The lowest BCUT2D eigenvalue weighted by Gasteiger charge is -2.13. The molecule has 0 saturated carbocycles. The zero-order valence-corrected chi connectivity index (χ0v) is 9.38. The number of amides is 1. The van der Waals surface area contributed by atoms with Crippen LogP contribution in [0, 0.1) is 0 Å². The molecule has 0 aliphatic carbocycles. The molecule has 0 spiro atoms. The monoisotopic (exact) mass is 238 g/mol. The van der Waals surface area contributed by atoms with Gasteiger partial charge in [-0.05, 0) is 19.2 Å². The molecular weight excluding hydrogens is 224 g/mol. The van der Waals surface area contributed by atoms with Gasteiger partial charge in [-0.15, -0.1) is 0 Å². The first kappa shape index (κ1) is 13.0. The maximum Gasteiger partial charge on any atom is 0.231 e. The minimum atomic E-state index is -0.532. The van der Waals surface area contributed by atoms with Crippen molar-refractivity contribution in [3.05, 3.63) is 23.8 Å². The number of carbonyl (C=O) groups excluding carboxylic acids is 2. The zero-order chi connectivity index (χ0) is 13.0. The minimum Gasteiger partial charge on any atom is -0.508 e. The van der Waals surface area contributed by atoms with E-state index >= 15 is 0 Å². The number of Topliss-reactive ketones (excluding diaryl/α,β-unsaturated/α-hetero) is 1. The van der Waals surface area contributed by atoms with E-state index in [2.05, 4.69) is 0 Å². The summed E-state index contributed by atoms with van der Waals surface area (Å²) in [6, 6.07) is 3.72. The number of benzene rings is 1. The number of nitrogens with two attached hydrogens (primary N) is 1. The van der Waals surface area contributed by atoms with E-state index in [9.17, 15) is 14.7 Å². The summed E-state index contributed by atoms with van der Waals surface area (Å²) in [5.41, 5.74) is 5.08. The van der Waals surface area contributed by atoms with Gasteiger partial charge in [0.25, 0.3) is 0 Å². The number of ketones is 1. The number of phenolic OH excluding ortho intramolecular Hbond substituents is 2. The van der Waals surface area contributed by atoms with Gasteiger partial charge < -0.3 is 15.9 Å².